The molecule has 0 aliphatic rings. The van der Waals surface area contributed by atoms with E-state index in [4.69, 9.17) is 26.4 Å². The number of methoxy groups -OCH3 is 3. The van der Waals surface area contributed by atoms with Gasteiger partial charge < -0.3 is 19.1 Å². The Morgan fingerprint density at radius 3 is 2.28 bits per heavy atom. The third kappa shape index (κ3) is 4.09. The predicted octanol–water partition coefficient (Wildman–Crippen LogP) is 3.58. The summed E-state index contributed by atoms with van der Waals surface area (Å²) in [4.78, 5) is 2.03. The zero-order chi connectivity index (χ0) is 21.0. The summed E-state index contributed by atoms with van der Waals surface area (Å²) in [5.41, 5.74) is 2.69. The molecule has 0 bridgehead atoms. The van der Waals surface area contributed by atoms with Crippen molar-refractivity contribution in [3.8, 4) is 28.6 Å². The van der Waals surface area contributed by atoms with Crippen molar-refractivity contribution in [1.82, 2.24) is 14.9 Å². The van der Waals surface area contributed by atoms with Crippen LogP contribution in [0.1, 0.15) is 5.56 Å². The van der Waals surface area contributed by atoms with Crippen LogP contribution >= 0.6 is 12.2 Å². The minimum absolute atomic E-state index is 0.382. The minimum atomic E-state index is 0.382. The fraction of sp³-hybridized carbons (Fsp3) is 0.250. The van der Waals surface area contributed by atoms with Gasteiger partial charge in [-0.1, -0.05) is 0 Å². The lowest BCUT2D eigenvalue weighted by molar-refractivity contribution is 0.324. The fourth-order valence-corrected chi connectivity index (χ4v) is 3.02. The number of rotatable bonds is 7. The van der Waals surface area contributed by atoms with Gasteiger partial charge in [0.2, 0.25) is 10.5 Å². The van der Waals surface area contributed by atoms with Crippen molar-refractivity contribution in [3.63, 3.8) is 0 Å². The Bertz CT molecular complexity index is 1070. The predicted molar refractivity (Wildman–Crippen MR) is 116 cm³/mol. The average molecular weight is 414 g/mol. The van der Waals surface area contributed by atoms with Crippen molar-refractivity contribution >= 4 is 24.1 Å². The quantitative estimate of drug-likeness (QED) is 0.471. The van der Waals surface area contributed by atoms with Gasteiger partial charge in [0, 0.05) is 30.9 Å². The number of aromatic nitrogens is 3. The summed E-state index contributed by atoms with van der Waals surface area (Å²) >= 11 is 5.35. The Hall–Kier alpha value is -3.33. The second-order valence-corrected chi connectivity index (χ2v) is 6.66. The minimum Gasteiger partial charge on any atom is -0.493 e. The normalized spacial score (nSPS) is 10.9. The van der Waals surface area contributed by atoms with Gasteiger partial charge in [0.05, 0.1) is 27.5 Å². The number of benzene rings is 2. The van der Waals surface area contributed by atoms with Gasteiger partial charge in [-0.25, -0.2) is 5.10 Å². The van der Waals surface area contributed by atoms with E-state index in [1.165, 1.54) is 0 Å². The van der Waals surface area contributed by atoms with E-state index in [9.17, 15) is 0 Å². The van der Waals surface area contributed by atoms with E-state index >= 15 is 0 Å². The lowest BCUT2D eigenvalue weighted by Gasteiger charge is -2.13. The van der Waals surface area contributed by atoms with Crippen molar-refractivity contribution in [2.45, 2.75) is 0 Å². The first kappa shape index (κ1) is 20.4. The molecule has 0 aliphatic carbocycles. The molecule has 0 unspecified atom stereocenters. The maximum atomic E-state index is 5.50. The largest absolute Gasteiger partial charge is 0.493 e. The van der Waals surface area contributed by atoms with Crippen LogP contribution in [-0.2, 0) is 0 Å². The van der Waals surface area contributed by atoms with Gasteiger partial charge in [0.25, 0.3) is 0 Å². The number of hydrogen-bond donors (Lipinski definition) is 1. The molecule has 0 atom stereocenters. The molecular formula is C20H23N5O3S. The molecule has 0 saturated carbocycles. The Kier molecular flexibility index (Phi) is 6.18. The lowest BCUT2D eigenvalue weighted by Crippen LogP contribution is -2.08. The van der Waals surface area contributed by atoms with Gasteiger partial charge in [-0.15, -0.1) is 0 Å². The maximum absolute atomic E-state index is 5.50. The third-order valence-corrected chi connectivity index (χ3v) is 4.60. The molecule has 29 heavy (non-hydrogen) atoms. The zero-order valence-electron chi connectivity index (χ0n) is 17.0. The highest BCUT2D eigenvalue weighted by atomic mass is 32.1. The second-order valence-electron chi connectivity index (χ2n) is 6.27. The van der Waals surface area contributed by atoms with Gasteiger partial charge in [-0.3, -0.25) is 0 Å². The van der Waals surface area contributed by atoms with E-state index in [0.29, 0.717) is 33.4 Å². The van der Waals surface area contributed by atoms with Crippen molar-refractivity contribution in [2.24, 2.45) is 5.10 Å². The van der Waals surface area contributed by atoms with Gasteiger partial charge in [0.1, 0.15) is 0 Å². The molecule has 8 nitrogen and oxygen atoms in total. The van der Waals surface area contributed by atoms with E-state index in [-0.39, 0.29) is 0 Å². The van der Waals surface area contributed by atoms with Crippen LogP contribution in [0.25, 0.3) is 11.4 Å². The molecule has 0 fully saturated rings. The van der Waals surface area contributed by atoms with E-state index in [0.717, 1.165) is 11.3 Å². The number of nitrogens with one attached hydrogen (secondary N) is 1. The first-order chi connectivity index (χ1) is 14.0. The molecular weight excluding hydrogens is 390 g/mol. The van der Waals surface area contributed by atoms with Crippen molar-refractivity contribution < 1.29 is 14.2 Å². The summed E-state index contributed by atoms with van der Waals surface area (Å²) < 4.78 is 18.2. The zero-order valence-corrected chi connectivity index (χ0v) is 17.8. The average Bonchev–Trinajstić information content (AvgIpc) is 3.11. The number of aromatic amines is 1. The Morgan fingerprint density at radius 2 is 1.69 bits per heavy atom. The van der Waals surface area contributed by atoms with E-state index in [1.54, 1.807) is 38.3 Å². The second kappa shape index (κ2) is 8.78. The van der Waals surface area contributed by atoms with Crippen LogP contribution in [0.4, 0.5) is 5.69 Å². The highest BCUT2D eigenvalue weighted by Crippen LogP contribution is 2.39. The topological polar surface area (TPSA) is 76.9 Å². The van der Waals surface area contributed by atoms with Crippen LogP contribution in [0.15, 0.2) is 41.5 Å². The van der Waals surface area contributed by atoms with Crippen molar-refractivity contribution in [2.75, 3.05) is 40.3 Å². The van der Waals surface area contributed by atoms with E-state index in [2.05, 4.69) is 15.3 Å². The number of H-pyrrole nitrogens is 1. The molecule has 1 heterocycles. The molecule has 1 aromatic heterocycles. The number of anilines is 1. The number of hydrogen-bond acceptors (Lipinski definition) is 7. The monoisotopic (exact) mass is 413 g/mol. The highest BCUT2D eigenvalue weighted by Gasteiger charge is 2.15. The van der Waals surface area contributed by atoms with Crippen LogP contribution in [0, 0.1) is 4.77 Å². The van der Waals surface area contributed by atoms with Crippen LogP contribution < -0.4 is 19.1 Å². The lowest BCUT2D eigenvalue weighted by atomic mass is 10.2. The Labute approximate surface area is 174 Å². The first-order valence-corrected chi connectivity index (χ1v) is 9.19. The van der Waals surface area contributed by atoms with Crippen LogP contribution in [-0.4, -0.2) is 56.5 Å². The molecule has 0 spiro atoms. The fourth-order valence-electron chi connectivity index (χ4n) is 2.84. The molecule has 152 valence electrons. The summed E-state index contributed by atoms with van der Waals surface area (Å²) in [5.74, 6) is 2.19. The smallest absolute Gasteiger partial charge is 0.216 e. The molecule has 3 aromatic rings. The van der Waals surface area contributed by atoms with Gasteiger partial charge in [-0.05, 0) is 48.6 Å². The third-order valence-electron chi connectivity index (χ3n) is 4.34. The van der Waals surface area contributed by atoms with E-state index in [1.807, 2.05) is 49.3 Å². The van der Waals surface area contributed by atoms with Crippen molar-refractivity contribution in [3.05, 3.63) is 46.7 Å². The molecule has 0 radical (unpaired) electrons. The summed E-state index contributed by atoms with van der Waals surface area (Å²) in [7, 11) is 8.68. The SMILES string of the molecule is COc1ccc(/C=N/n2c(-c3ccc(N(C)C)cc3)n[nH]c2=S)c(OC)c1OC. The molecule has 9 heteroatoms. The number of ether oxygens (including phenoxy) is 3. The van der Waals surface area contributed by atoms with Crippen LogP contribution in [0.3, 0.4) is 0 Å². The van der Waals surface area contributed by atoms with Crippen LogP contribution in [0.2, 0.25) is 0 Å². The van der Waals surface area contributed by atoms with E-state index < -0.39 is 0 Å². The van der Waals surface area contributed by atoms with Gasteiger partial charge in [0.15, 0.2) is 17.3 Å². The Morgan fingerprint density at radius 1 is 1.00 bits per heavy atom. The van der Waals surface area contributed by atoms with Gasteiger partial charge >= 0.3 is 0 Å². The highest BCUT2D eigenvalue weighted by molar-refractivity contribution is 7.71. The molecule has 3 rings (SSSR count). The summed E-state index contributed by atoms with van der Waals surface area (Å²) in [6.07, 6.45) is 1.64. The number of nitrogens with zero attached hydrogens (tertiary/aromatic N) is 4. The van der Waals surface area contributed by atoms with Crippen LogP contribution in [0.5, 0.6) is 17.2 Å². The molecule has 1 N–H and O–H groups in total. The molecule has 0 amide bonds. The summed E-state index contributed by atoms with van der Waals surface area (Å²) in [5, 5.41) is 11.6. The standard InChI is InChI=1S/C20H23N5O3S/c1-24(2)15-9-6-13(7-10-15)19-22-23-20(29)25(19)21-12-14-8-11-16(26-3)18(28-5)17(14)27-4/h6-12H,1-5H3,(H,23,29)/b21-12+. The molecule has 0 aliphatic heterocycles. The maximum Gasteiger partial charge on any atom is 0.216 e. The first-order valence-electron chi connectivity index (χ1n) is 8.78. The molecule has 2 aromatic carbocycles. The summed E-state index contributed by atoms with van der Waals surface area (Å²) in [6.45, 7) is 0. The van der Waals surface area contributed by atoms with Crippen molar-refractivity contribution in [1.29, 1.82) is 0 Å². The Balaban J connectivity index is 2.01. The summed E-state index contributed by atoms with van der Waals surface area (Å²) in [6, 6.07) is 11.6. The molecule has 0 saturated heterocycles. The van der Waals surface area contributed by atoms with Gasteiger partial charge in [-0.2, -0.15) is 14.9 Å².